The number of ether oxygens (including phenoxy) is 2. The highest BCUT2D eigenvalue weighted by atomic mass is 16.5. The summed E-state index contributed by atoms with van der Waals surface area (Å²) >= 11 is 0. The number of carbonyl (C=O) groups excluding carboxylic acids is 3. The maximum Gasteiger partial charge on any atom is 0.323 e. The Bertz CT molecular complexity index is 1410. The lowest BCUT2D eigenvalue weighted by Gasteiger charge is -2.21. The van der Waals surface area contributed by atoms with Crippen molar-refractivity contribution in [2.24, 2.45) is 5.73 Å². The molecule has 2 unspecified atom stereocenters. The molecule has 0 spiro atoms. The molecule has 0 bridgehead atoms. The van der Waals surface area contributed by atoms with Crippen LogP contribution in [0.2, 0.25) is 0 Å². The number of benzene rings is 3. The molecular formula is C30H35N5O7. The van der Waals surface area contributed by atoms with Crippen LogP contribution in [0.25, 0.3) is 0 Å². The Morgan fingerprint density at radius 1 is 0.881 bits per heavy atom. The van der Waals surface area contributed by atoms with Gasteiger partial charge in [-0.3, -0.25) is 14.4 Å². The van der Waals surface area contributed by atoms with Gasteiger partial charge in [-0.05, 0) is 53.9 Å². The molecule has 42 heavy (non-hydrogen) atoms. The van der Waals surface area contributed by atoms with E-state index in [-0.39, 0.29) is 19.0 Å². The number of para-hydroxylation sites is 1. The number of anilines is 2. The van der Waals surface area contributed by atoms with E-state index in [2.05, 4.69) is 21.3 Å². The fraction of sp³-hybridized carbons (Fsp3) is 0.267. The molecule has 0 saturated carbocycles. The first-order valence-electron chi connectivity index (χ1n) is 13.1. The van der Waals surface area contributed by atoms with Crippen molar-refractivity contribution in [3.8, 4) is 11.5 Å². The summed E-state index contributed by atoms with van der Waals surface area (Å²) in [6.07, 6.45) is -0.713. The molecule has 0 aromatic heterocycles. The van der Waals surface area contributed by atoms with Gasteiger partial charge in [0.1, 0.15) is 0 Å². The second kappa shape index (κ2) is 15.1. The molecule has 3 aromatic rings. The van der Waals surface area contributed by atoms with Gasteiger partial charge in [-0.2, -0.15) is 0 Å². The smallest absolute Gasteiger partial charge is 0.323 e. The average Bonchev–Trinajstić information content (AvgIpc) is 2.97. The van der Waals surface area contributed by atoms with Gasteiger partial charge in [-0.1, -0.05) is 36.4 Å². The molecule has 0 aliphatic rings. The van der Waals surface area contributed by atoms with E-state index in [1.165, 1.54) is 14.2 Å². The first-order valence-corrected chi connectivity index (χ1v) is 13.1. The van der Waals surface area contributed by atoms with E-state index in [9.17, 15) is 24.3 Å². The summed E-state index contributed by atoms with van der Waals surface area (Å²) in [5.41, 5.74) is 9.42. The van der Waals surface area contributed by atoms with Crippen LogP contribution in [0.5, 0.6) is 11.5 Å². The fourth-order valence-electron chi connectivity index (χ4n) is 4.04. The molecule has 12 heteroatoms. The third kappa shape index (κ3) is 9.24. The predicted octanol–water partition coefficient (Wildman–Crippen LogP) is 3.32. The number of hydrogen-bond acceptors (Lipinski definition) is 7. The first kappa shape index (κ1) is 31.4. The molecule has 2 atom stereocenters. The second-order valence-corrected chi connectivity index (χ2v) is 9.45. The summed E-state index contributed by atoms with van der Waals surface area (Å²) in [5, 5.41) is 20.2. The molecule has 0 aliphatic carbocycles. The zero-order chi connectivity index (χ0) is 30.6. The van der Waals surface area contributed by atoms with E-state index in [0.29, 0.717) is 28.4 Å². The number of nitrogens with two attached hydrogens (primary N) is 1. The maximum atomic E-state index is 12.8. The zero-order valence-electron chi connectivity index (χ0n) is 23.6. The Morgan fingerprint density at radius 3 is 2.21 bits per heavy atom. The van der Waals surface area contributed by atoms with Gasteiger partial charge in [0.05, 0.1) is 39.1 Å². The lowest BCUT2D eigenvalue weighted by Crippen LogP contribution is -2.45. The summed E-state index contributed by atoms with van der Waals surface area (Å²) in [4.78, 5) is 48.9. The van der Waals surface area contributed by atoms with Gasteiger partial charge in [0, 0.05) is 17.9 Å². The minimum absolute atomic E-state index is 0.177. The van der Waals surface area contributed by atoms with Gasteiger partial charge >= 0.3 is 12.0 Å². The topological polar surface area (TPSA) is 181 Å². The lowest BCUT2D eigenvalue weighted by molar-refractivity contribution is -0.138. The molecule has 0 fully saturated rings. The van der Waals surface area contributed by atoms with Crippen LogP contribution in [0, 0.1) is 6.92 Å². The number of carboxylic acids is 1. The van der Waals surface area contributed by atoms with Crippen molar-refractivity contribution < 1.29 is 33.8 Å². The van der Waals surface area contributed by atoms with Crippen molar-refractivity contribution in [2.45, 2.75) is 38.4 Å². The van der Waals surface area contributed by atoms with Crippen LogP contribution in [-0.2, 0) is 20.9 Å². The minimum atomic E-state index is -1.21. The van der Waals surface area contributed by atoms with Crippen molar-refractivity contribution in [2.75, 3.05) is 24.9 Å². The molecule has 4 amide bonds. The molecule has 12 nitrogen and oxygen atoms in total. The molecule has 0 heterocycles. The van der Waals surface area contributed by atoms with Crippen molar-refractivity contribution >= 4 is 35.2 Å². The summed E-state index contributed by atoms with van der Waals surface area (Å²) in [6.45, 7) is 2.07. The van der Waals surface area contributed by atoms with E-state index in [1.54, 1.807) is 42.5 Å². The largest absolute Gasteiger partial charge is 0.493 e. The fourth-order valence-corrected chi connectivity index (χ4v) is 4.04. The van der Waals surface area contributed by atoms with Crippen LogP contribution in [0.1, 0.15) is 35.6 Å². The van der Waals surface area contributed by atoms with Gasteiger partial charge in [0.15, 0.2) is 11.5 Å². The van der Waals surface area contributed by atoms with E-state index in [1.807, 2.05) is 31.2 Å². The van der Waals surface area contributed by atoms with E-state index < -0.39 is 36.3 Å². The Balaban J connectivity index is 1.50. The Labute approximate surface area is 243 Å². The van der Waals surface area contributed by atoms with Crippen molar-refractivity contribution in [1.29, 1.82) is 0 Å². The van der Waals surface area contributed by atoms with Crippen LogP contribution in [-0.4, -0.2) is 49.2 Å². The number of rotatable bonds is 13. The third-order valence-corrected chi connectivity index (χ3v) is 6.34. The molecule has 0 saturated heterocycles. The SMILES string of the molecule is COc1ccc(C(CC(=O)O)NC(=O)C(N)CC(=O)NCc2ccc(NC(=O)Nc3ccccc3C)cc2)cc1OC. The number of hydrogen-bond donors (Lipinski definition) is 6. The van der Waals surface area contributed by atoms with Gasteiger partial charge in [0.25, 0.3) is 0 Å². The standard InChI is InChI=1S/C30H35N5O7/c1-18-6-4-5-7-23(18)35-30(40)33-21-11-8-19(9-12-21)17-32-27(36)15-22(31)29(39)34-24(16-28(37)38)20-10-13-25(41-2)26(14-20)42-3/h4-14,22,24H,15-17,31H2,1-3H3,(H,32,36)(H,34,39)(H,37,38)(H2,33,35,40). The van der Waals surface area contributed by atoms with Crippen LogP contribution in [0.4, 0.5) is 16.2 Å². The molecular weight excluding hydrogens is 542 g/mol. The van der Waals surface area contributed by atoms with Gasteiger partial charge in [-0.15, -0.1) is 0 Å². The predicted molar refractivity (Wildman–Crippen MR) is 157 cm³/mol. The van der Waals surface area contributed by atoms with Crippen molar-refractivity contribution in [3.63, 3.8) is 0 Å². The van der Waals surface area contributed by atoms with E-state index in [0.717, 1.165) is 11.1 Å². The number of carboxylic acid groups (broad SMARTS) is 1. The average molecular weight is 578 g/mol. The number of carbonyl (C=O) groups is 4. The minimum Gasteiger partial charge on any atom is -0.493 e. The molecule has 222 valence electrons. The second-order valence-electron chi connectivity index (χ2n) is 9.45. The quantitative estimate of drug-likeness (QED) is 0.179. The van der Waals surface area contributed by atoms with Crippen LogP contribution >= 0.6 is 0 Å². The van der Waals surface area contributed by atoms with Crippen LogP contribution < -0.4 is 36.5 Å². The number of urea groups is 1. The summed E-state index contributed by atoms with van der Waals surface area (Å²) in [6, 6.07) is 16.6. The normalized spacial score (nSPS) is 11.9. The van der Waals surface area contributed by atoms with Crippen molar-refractivity contribution in [1.82, 2.24) is 10.6 Å². The van der Waals surface area contributed by atoms with E-state index in [4.69, 9.17) is 15.2 Å². The Morgan fingerprint density at radius 2 is 1.57 bits per heavy atom. The van der Waals surface area contributed by atoms with Crippen LogP contribution in [0.15, 0.2) is 66.7 Å². The highest BCUT2D eigenvalue weighted by molar-refractivity contribution is 6.00. The molecule has 3 aromatic carbocycles. The summed E-state index contributed by atoms with van der Waals surface area (Å²) in [5.74, 6) is -1.44. The van der Waals surface area contributed by atoms with Gasteiger partial charge in [0.2, 0.25) is 11.8 Å². The summed E-state index contributed by atoms with van der Waals surface area (Å²) in [7, 11) is 2.91. The third-order valence-electron chi connectivity index (χ3n) is 6.34. The maximum absolute atomic E-state index is 12.8. The molecule has 0 aliphatic heterocycles. The monoisotopic (exact) mass is 577 g/mol. The molecule has 3 rings (SSSR count). The Kier molecular flexibility index (Phi) is 11.3. The highest BCUT2D eigenvalue weighted by Crippen LogP contribution is 2.31. The number of aliphatic carboxylic acids is 1. The number of aryl methyl sites for hydroxylation is 1. The lowest BCUT2D eigenvalue weighted by atomic mass is 10.0. The van der Waals surface area contributed by atoms with Gasteiger partial charge in [-0.25, -0.2) is 4.79 Å². The van der Waals surface area contributed by atoms with Crippen LogP contribution in [0.3, 0.4) is 0 Å². The summed E-state index contributed by atoms with van der Waals surface area (Å²) < 4.78 is 10.5. The molecule has 0 radical (unpaired) electrons. The zero-order valence-corrected chi connectivity index (χ0v) is 23.6. The Hall–Kier alpha value is -5.10. The first-order chi connectivity index (χ1) is 20.1. The highest BCUT2D eigenvalue weighted by Gasteiger charge is 2.24. The van der Waals surface area contributed by atoms with Gasteiger partial charge < -0.3 is 41.6 Å². The number of nitrogens with one attached hydrogen (secondary N) is 4. The van der Waals surface area contributed by atoms with Crippen molar-refractivity contribution in [3.05, 3.63) is 83.4 Å². The number of methoxy groups -OCH3 is 2. The van der Waals surface area contributed by atoms with E-state index >= 15 is 0 Å². The number of amides is 4. The molecule has 7 N–H and O–H groups in total.